The van der Waals surface area contributed by atoms with Gasteiger partial charge in [-0.05, 0) is 5.92 Å². The monoisotopic (exact) mass is 199 g/mol. The summed E-state index contributed by atoms with van der Waals surface area (Å²) in [7, 11) is 0. The number of nitrogens with one attached hydrogen (secondary N) is 1. The van der Waals surface area contributed by atoms with Crippen molar-refractivity contribution < 1.29 is 9.50 Å². The fourth-order valence-electron chi connectivity index (χ4n) is 0.976. The number of nitrogens with zero attached hydrogens (tertiary/aromatic N) is 2. The van der Waals surface area contributed by atoms with E-state index in [0.29, 0.717) is 5.95 Å². The largest absolute Gasteiger partial charge is 0.394 e. The first-order valence-electron chi connectivity index (χ1n) is 4.48. The molecule has 0 aliphatic heterocycles. The van der Waals surface area contributed by atoms with E-state index in [1.165, 1.54) is 0 Å². The second-order valence-electron chi connectivity index (χ2n) is 3.40. The first kappa shape index (κ1) is 10.8. The van der Waals surface area contributed by atoms with Crippen molar-refractivity contribution in [2.75, 3.05) is 11.9 Å². The Morgan fingerprint density at radius 2 is 2.00 bits per heavy atom. The minimum Gasteiger partial charge on any atom is -0.394 e. The van der Waals surface area contributed by atoms with Gasteiger partial charge in [-0.15, -0.1) is 0 Å². The van der Waals surface area contributed by atoms with Crippen LogP contribution in [0.3, 0.4) is 0 Å². The van der Waals surface area contributed by atoms with E-state index in [9.17, 15) is 4.39 Å². The molecule has 0 saturated heterocycles. The number of aliphatic hydroxyl groups is 1. The van der Waals surface area contributed by atoms with Crippen LogP contribution in [-0.2, 0) is 0 Å². The SMILES string of the molecule is CC(C)C(CO)Nc1ncc(F)cn1. The van der Waals surface area contributed by atoms with Crippen LogP contribution in [0.15, 0.2) is 12.4 Å². The fraction of sp³-hybridized carbons (Fsp3) is 0.556. The van der Waals surface area contributed by atoms with E-state index in [1.807, 2.05) is 13.8 Å². The summed E-state index contributed by atoms with van der Waals surface area (Å²) < 4.78 is 12.5. The summed E-state index contributed by atoms with van der Waals surface area (Å²) in [5.74, 6) is 0.119. The summed E-state index contributed by atoms with van der Waals surface area (Å²) in [4.78, 5) is 7.48. The third kappa shape index (κ3) is 2.92. The fourth-order valence-corrected chi connectivity index (χ4v) is 0.976. The lowest BCUT2D eigenvalue weighted by Gasteiger charge is -2.19. The highest BCUT2D eigenvalue weighted by Crippen LogP contribution is 2.07. The van der Waals surface area contributed by atoms with E-state index in [2.05, 4.69) is 15.3 Å². The Morgan fingerprint density at radius 1 is 1.43 bits per heavy atom. The van der Waals surface area contributed by atoms with E-state index in [0.717, 1.165) is 12.4 Å². The van der Waals surface area contributed by atoms with Crippen molar-refractivity contribution in [3.05, 3.63) is 18.2 Å². The zero-order valence-electron chi connectivity index (χ0n) is 8.24. The molecule has 5 heteroatoms. The van der Waals surface area contributed by atoms with Gasteiger partial charge < -0.3 is 10.4 Å². The molecule has 0 aliphatic rings. The van der Waals surface area contributed by atoms with Gasteiger partial charge >= 0.3 is 0 Å². The standard InChI is InChI=1S/C9H14FN3O/c1-6(2)8(5-14)13-9-11-3-7(10)4-12-9/h3-4,6,8,14H,5H2,1-2H3,(H,11,12,13). The van der Waals surface area contributed by atoms with E-state index in [4.69, 9.17) is 5.11 Å². The van der Waals surface area contributed by atoms with Gasteiger partial charge in [0.1, 0.15) is 0 Å². The summed E-state index contributed by atoms with van der Waals surface area (Å²) in [6, 6.07) is -0.111. The summed E-state index contributed by atoms with van der Waals surface area (Å²) in [6.45, 7) is 3.94. The molecular weight excluding hydrogens is 185 g/mol. The van der Waals surface area contributed by atoms with Gasteiger partial charge in [0.25, 0.3) is 0 Å². The van der Waals surface area contributed by atoms with Crippen molar-refractivity contribution >= 4 is 5.95 Å². The molecule has 2 N–H and O–H groups in total. The second-order valence-corrected chi connectivity index (χ2v) is 3.40. The van der Waals surface area contributed by atoms with Crippen LogP contribution < -0.4 is 5.32 Å². The summed E-state index contributed by atoms with van der Waals surface area (Å²) in [6.07, 6.45) is 2.17. The Bertz CT molecular complexity index is 276. The Kier molecular flexibility index (Phi) is 3.76. The van der Waals surface area contributed by atoms with E-state index >= 15 is 0 Å². The molecule has 0 fully saturated rings. The van der Waals surface area contributed by atoms with Crippen LogP contribution in [0.25, 0.3) is 0 Å². The van der Waals surface area contributed by atoms with E-state index in [1.54, 1.807) is 0 Å². The van der Waals surface area contributed by atoms with E-state index < -0.39 is 5.82 Å². The van der Waals surface area contributed by atoms with Crippen LogP contribution in [-0.4, -0.2) is 27.7 Å². The van der Waals surface area contributed by atoms with Crippen LogP contribution in [0.4, 0.5) is 10.3 Å². The van der Waals surface area contributed by atoms with Gasteiger partial charge in [0.15, 0.2) is 5.82 Å². The molecule has 1 rings (SSSR count). The molecule has 0 bridgehead atoms. The first-order valence-corrected chi connectivity index (χ1v) is 4.48. The maximum atomic E-state index is 12.5. The number of halogens is 1. The molecule has 0 amide bonds. The zero-order chi connectivity index (χ0) is 10.6. The van der Waals surface area contributed by atoms with Gasteiger partial charge in [-0.2, -0.15) is 0 Å². The molecule has 0 spiro atoms. The third-order valence-electron chi connectivity index (χ3n) is 1.94. The lowest BCUT2D eigenvalue weighted by atomic mass is 10.1. The Labute approximate surface area is 82.2 Å². The quantitative estimate of drug-likeness (QED) is 0.760. The molecule has 78 valence electrons. The average molecular weight is 199 g/mol. The highest BCUT2D eigenvalue weighted by molar-refractivity contribution is 5.24. The number of hydrogen-bond donors (Lipinski definition) is 2. The second kappa shape index (κ2) is 4.85. The Hall–Kier alpha value is -1.23. The van der Waals surface area contributed by atoms with Crippen molar-refractivity contribution in [3.63, 3.8) is 0 Å². The maximum Gasteiger partial charge on any atom is 0.223 e. The van der Waals surface area contributed by atoms with Gasteiger partial charge in [-0.25, -0.2) is 14.4 Å². The number of rotatable bonds is 4. The van der Waals surface area contributed by atoms with Gasteiger partial charge in [-0.1, -0.05) is 13.8 Å². The molecule has 4 nitrogen and oxygen atoms in total. The van der Waals surface area contributed by atoms with Gasteiger partial charge in [0, 0.05) is 0 Å². The highest BCUT2D eigenvalue weighted by Gasteiger charge is 2.12. The van der Waals surface area contributed by atoms with Crippen LogP contribution in [0, 0.1) is 11.7 Å². The third-order valence-corrected chi connectivity index (χ3v) is 1.94. The van der Waals surface area contributed by atoms with Gasteiger partial charge in [-0.3, -0.25) is 0 Å². The molecule has 14 heavy (non-hydrogen) atoms. The van der Waals surface area contributed by atoms with Crippen LogP contribution in [0.5, 0.6) is 0 Å². The summed E-state index contributed by atoms with van der Waals surface area (Å²) in [5.41, 5.74) is 0. The molecule has 1 atom stereocenters. The van der Waals surface area contributed by atoms with Gasteiger partial charge in [0.2, 0.25) is 5.95 Å². The van der Waals surface area contributed by atoms with Crippen LogP contribution >= 0.6 is 0 Å². The minimum absolute atomic E-state index is 0.00158. The topological polar surface area (TPSA) is 58.0 Å². The van der Waals surface area contributed by atoms with Crippen molar-refractivity contribution in [2.45, 2.75) is 19.9 Å². The normalized spacial score (nSPS) is 12.9. The first-order chi connectivity index (χ1) is 6.63. The molecule has 1 unspecified atom stereocenters. The average Bonchev–Trinajstić information content (AvgIpc) is 2.16. The number of anilines is 1. The lowest BCUT2D eigenvalue weighted by Crippen LogP contribution is -2.30. The molecule has 0 saturated carbocycles. The van der Waals surface area contributed by atoms with Gasteiger partial charge in [0.05, 0.1) is 25.0 Å². The molecule has 1 aromatic heterocycles. The van der Waals surface area contributed by atoms with Crippen molar-refractivity contribution in [1.29, 1.82) is 0 Å². The number of hydrogen-bond acceptors (Lipinski definition) is 4. The number of aromatic nitrogens is 2. The van der Waals surface area contributed by atoms with E-state index in [-0.39, 0.29) is 18.6 Å². The summed E-state index contributed by atoms with van der Waals surface area (Å²) >= 11 is 0. The predicted octanol–water partition coefficient (Wildman–Crippen LogP) is 1.04. The van der Waals surface area contributed by atoms with Crippen molar-refractivity contribution in [3.8, 4) is 0 Å². The van der Waals surface area contributed by atoms with Crippen molar-refractivity contribution in [2.24, 2.45) is 5.92 Å². The molecular formula is C9H14FN3O. The molecule has 1 aromatic rings. The number of aliphatic hydroxyl groups excluding tert-OH is 1. The molecule has 0 aromatic carbocycles. The summed E-state index contributed by atoms with van der Waals surface area (Å²) in [5, 5.41) is 11.9. The highest BCUT2D eigenvalue weighted by atomic mass is 19.1. The Morgan fingerprint density at radius 3 is 2.43 bits per heavy atom. The lowest BCUT2D eigenvalue weighted by molar-refractivity contribution is 0.248. The van der Waals surface area contributed by atoms with Crippen LogP contribution in [0.1, 0.15) is 13.8 Å². The molecule has 0 radical (unpaired) electrons. The minimum atomic E-state index is -0.472. The Balaban J connectivity index is 2.63. The maximum absolute atomic E-state index is 12.5. The predicted molar refractivity (Wildman–Crippen MR) is 51.3 cm³/mol. The van der Waals surface area contributed by atoms with Crippen LogP contribution in [0.2, 0.25) is 0 Å². The smallest absolute Gasteiger partial charge is 0.223 e. The molecule has 0 aliphatic carbocycles. The van der Waals surface area contributed by atoms with Crippen molar-refractivity contribution in [1.82, 2.24) is 9.97 Å². The zero-order valence-corrected chi connectivity index (χ0v) is 8.24. The molecule has 1 heterocycles.